The minimum atomic E-state index is -3.72. The Bertz CT molecular complexity index is 563. The van der Waals surface area contributed by atoms with E-state index in [1.54, 1.807) is 0 Å². The Hall–Kier alpha value is -2.42. The average molecular weight is 303 g/mol. The van der Waals surface area contributed by atoms with E-state index < -0.39 is 24.8 Å². The standard InChI is InChI=1S/C12H11F2NO6/c1-18-6-11(17)19-5-10(16)15-7-2-3-8-9(4-7)21-12(13,14)20-8/h2-4H,5-6H2,1H3,(H,15,16). The molecule has 1 aromatic rings. The quantitative estimate of drug-likeness (QED) is 0.821. The van der Waals surface area contributed by atoms with Gasteiger partial charge in [0.1, 0.15) is 6.61 Å². The summed E-state index contributed by atoms with van der Waals surface area (Å²) in [6, 6.07) is 3.74. The number of amides is 1. The molecular weight excluding hydrogens is 292 g/mol. The van der Waals surface area contributed by atoms with Crippen molar-refractivity contribution < 1.29 is 37.3 Å². The van der Waals surface area contributed by atoms with Crippen molar-refractivity contribution in [2.45, 2.75) is 6.29 Å². The molecular formula is C12H11F2NO6. The summed E-state index contributed by atoms with van der Waals surface area (Å²) in [6.45, 7) is -0.792. The normalized spacial score (nSPS) is 14.6. The minimum absolute atomic E-state index is 0.135. The zero-order valence-corrected chi connectivity index (χ0v) is 10.9. The lowest BCUT2D eigenvalue weighted by Crippen LogP contribution is -2.25. The number of halogens is 2. The predicted octanol–water partition coefficient (Wildman–Crippen LogP) is 1.14. The summed E-state index contributed by atoms with van der Waals surface area (Å²) in [5.74, 6) is -1.67. The van der Waals surface area contributed by atoms with E-state index >= 15 is 0 Å². The lowest BCUT2D eigenvalue weighted by atomic mass is 10.3. The Labute approximate surface area is 117 Å². The molecule has 0 aliphatic carbocycles. The molecule has 0 aromatic heterocycles. The SMILES string of the molecule is COCC(=O)OCC(=O)Nc1ccc2c(c1)OC(F)(F)O2. The van der Waals surface area contributed by atoms with Crippen LogP contribution in [0.1, 0.15) is 0 Å². The number of methoxy groups -OCH3 is 1. The van der Waals surface area contributed by atoms with Crippen molar-refractivity contribution >= 4 is 17.6 Å². The van der Waals surface area contributed by atoms with Crippen LogP contribution in [-0.2, 0) is 19.1 Å². The molecule has 21 heavy (non-hydrogen) atoms. The van der Waals surface area contributed by atoms with Crippen molar-refractivity contribution in [3.8, 4) is 11.5 Å². The van der Waals surface area contributed by atoms with Crippen LogP contribution in [0.3, 0.4) is 0 Å². The third-order valence-electron chi connectivity index (χ3n) is 2.31. The fourth-order valence-corrected chi connectivity index (χ4v) is 1.53. The number of hydrogen-bond donors (Lipinski definition) is 1. The molecule has 1 aromatic carbocycles. The minimum Gasteiger partial charge on any atom is -0.454 e. The summed E-state index contributed by atoms with van der Waals surface area (Å²) in [4.78, 5) is 22.5. The monoisotopic (exact) mass is 303 g/mol. The van der Waals surface area contributed by atoms with Gasteiger partial charge in [-0.3, -0.25) is 4.79 Å². The van der Waals surface area contributed by atoms with Gasteiger partial charge in [-0.25, -0.2) is 4.79 Å². The van der Waals surface area contributed by atoms with Crippen molar-refractivity contribution in [3.63, 3.8) is 0 Å². The maximum atomic E-state index is 12.8. The van der Waals surface area contributed by atoms with E-state index in [9.17, 15) is 18.4 Å². The molecule has 1 aliphatic rings. The summed E-state index contributed by atoms with van der Waals surface area (Å²) in [7, 11) is 1.31. The van der Waals surface area contributed by atoms with Gasteiger partial charge in [0.05, 0.1) is 0 Å². The van der Waals surface area contributed by atoms with E-state index in [4.69, 9.17) is 0 Å². The highest BCUT2D eigenvalue weighted by atomic mass is 19.3. The van der Waals surface area contributed by atoms with Crippen LogP contribution >= 0.6 is 0 Å². The Morgan fingerprint density at radius 2 is 1.95 bits per heavy atom. The molecule has 1 N–H and O–H groups in total. The Morgan fingerprint density at radius 1 is 1.24 bits per heavy atom. The van der Waals surface area contributed by atoms with Crippen molar-refractivity contribution in [2.75, 3.05) is 25.6 Å². The van der Waals surface area contributed by atoms with Gasteiger partial charge in [0, 0.05) is 18.9 Å². The average Bonchev–Trinajstić information content (AvgIpc) is 2.70. The highest BCUT2D eigenvalue weighted by molar-refractivity contribution is 5.93. The molecule has 0 saturated carbocycles. The maximum absolute atomic E-state index is 12.8. The van der Waals surface area contributed by atoms with Gasteiger partial charge in [0.2, 0.25) is 0 Å². The predicted molar refractivity (Wildman–Crippen MR) is 64.1 cm³/mol. The number of carbonyl (C=O) groups is 2. The summed E-state index contributed by atoms with van der Waals surface area (Å²) >= 11 is 0. The molecule has 0 atom stereocenters. The van der Waals surface area contributed by atoms with E-state index in [1.807, 2.05) is 0 Å². The van der Waals surface area contributed by atoms with Crippen LogP contribution in [0.15, 0.2) is 18.2 Å². The number of alkyl halides is 2. The van der Waals surface area contributed by atoms with E-state index in [-0.39, 0.29) is 23.8 Å². The van der Waals surface area contributed by atoms with Gasteiger partial charge in [0.25, 0.3) is 5.91 Å². The largest absolute Gasteiger partial charge is 0.586 e. The molecule has 0 bridgehead atoms. The van der Waals surface area contributed by atoms with Crippen molar-refractivity contribution in [3.05, 3.63) is 18.2 Å². The first-order chi connectivity index (χ1) is 9.89. The fourth-order valence-electron chi connectivity index (χ4n) is 1.53. The molecule has 0 radical (unpaired) electrons. The highest BCUT2D eigenvalue weighted by Crippen LogP contribution is 2.42. The second kappa shape index (κ2) is 5.92. The smallest absolute Gasteiger partial charge is 0.454 e. The number of fused-ring (bicyclic) bond motifs is 1. The van der Waals surface area contributed by atoms with Crippen LogP contribution in [0.5, 0.6) is 11.5 Å². The Morgan fingerprint density at radius 3 is 2.67 bits per heavy atom. The van der Waals surface area contributed by atoms with Crippen molar-refractivity contribution in [1.29, 1.82) is 0 Å². The van der Waals surface area contributed by atoms with Gasteiger partial charge in [-0.05, 0) is 12.1 Å². The number of anilines is 1. The first kappa shape index (κ1) is 15.0. The summed E-state index contributed by atoms with van der Waals surface area (Å²) in [5.41, 5.74) is 0.197. The van der Waals surface area contributed by atoms with Crippen LogP contribution in [0.4, 0.5) is 14.5 Å². The second-order valence-corrected chi connectivity index (χ2v) is 3.97. The fraction of sp³-hybridized carbons (Fsp3) is 0.333. The van der Waals surface area contributed by atoms with Crippen LogP contribution < -0.4 is 14.8 Å². The van der Waals surface area contributed by atoms with Crippen LogP contribution in [0.2, 0.25) is 0 Å². The van der Waals surface area contributed by atoms with Crippen molar-refractivity contribution in [1.82, 2.24) is 0 Å². The zero-order valence-electron chi connectivity index (χ0n) is 10.9. The van der Waals surface area contributed by atoms with Gasteiger partial charge in [-0.2, -0.15) is 0 Å². The number of rotatable bonds is 5. The molecule has 0 fully saturated rings. The number of ether oxygens (including phenoxy) is 4. The molecule has 7 nitrogen and oxygen atoms in total. The summed E-state index contributed by atoms with van der Waals surface area (Å²) < 4.78 is 43.2. The third kappa shape index (κ3) is 4.02. The molecule has 9 heteroatoms. The molecule has 1 aliphatic heterocycles. The lowest BCUT2D eigenvalue weighted by molar-refractivity contribution is -0.286. The number of benzene rings is 1. The van der Waals surface area contributed by atoms with Gasteiger partial charge in [0.15, 0.2) is 18.1 Å². The first-order valence-corrected chi connectivity index (χ1v) is 5.74. The topological polar surface area (TPSA) is 83.1 Å². The summed E-state index contributed by atoms with van der Waals surface area (Å²) in [6.07, 6.45) is -3.72. The highest BCUT2D eigenvalue weighted by Gasteiger charge is 2.43. The van der Waals surface area contributed by atoms with E-state index in [2.05, 4.69) is 24.3 Å². The molecule has 114 valence electrons. The van der Waals surface area contributed by atoms with E-state index in [0.29, 0.717) is 0 Å². The number of carbonyl (C=O) groups excluding carboxylic acids is 2. The van der Waals surface area contributed by atoms with Gasteiger partial charge in [-0.1, -0.05) is 0 Å². The zero-order chi connectivity index (χ0) is 15.5. The van der Waals surface area contributed by atoms with Gasteiger partial charge in [-0.15, -0.1) is 8.78 Å². The van der Waals surface area contributed by atoms with Crippen LogP contribution in [0.25, 0.3) is 0 Å². The summed E-state index contributed by atoms with van der Waals surface area (Å²) in [5, 5.41) is 2.36. The Balaban J connectivity index is 1.90. The van der Waals surface area contributed by atoms with Crippen LogP contribution in [0, 0.1) is 0 Å². The number of esters is 1. The van der Waals surface area contributed by atoms with Gasteiger partial charge < -0.3 is 24.3 Å². The number of nitrogens with one attached hydrogen (secondary N) is 1. The van der Waals surface area contributed by atoms with Crippen molar-refractivity contribution in [2.24, 2.45) is 0 Å². The first-order valence-electron chi connectivity index (χ1n) is 5.74. The van der Waals surface area contributed by atoms with E-state index in [0.717, 1.165) is 0 Å². The second-order valence-electron chi connectivity index (χ2n) is 3.97. The molecule has 0 spiro atoms. The lowest BCUT2D eigenvalue weighted by Gasteiger charge is -2.06. The van der Waals surface area contributed by atoms with Gasteiger partial charge >= 0.3 is 12.3 Å². The Kier molecular flexibility index (Phi) is 4.22. The third-order valence-corrected chi connectivity index (χ3v) is 2.31. The molecule has 1 heterocycles. The molecule has 0 unspecified atom stereocenters. The number of hydrogen-bond acceptors (Lipinski definition) is 6. The molecule has 1 amide bonds. The maximum Gasteiger partial charge on any atom is 0.586 e. The van der Waals surface area contributed by atoms with E-state index in [1.165, 1.54) is 25.3 Å². The molecule has 2 rings (SSSR count). The molecule has 0 saturated heterocycles. The van der Waals surface area contributed by atoms with Crippen LogP contribution in [-0.4, -0.2) is 38.5 Å².